The molecule has 24 heavy (non-hydrogen) atoms. The van der Waals surface area contributed by atoms with Crippen LogP contribution in [0.4, 0.5) is 0 Å². The molecule has 0 amide bonds. The fourth-order valence-electron chi connectivity index (χ4n) is 5.29. The van der Waals surface area contributed by atoms with E-state index in [4.69, 9.17) is 4.74 Å². The van der Waals surface area contributed by atoms with Crippen molar-refractivity contribution in [3.8, 4) is 0 Å². The molecule has 0 aromatic carbocycles. The van der Waals surface area contributed by atoms with Gasteiger partial charge in [0.2, 0.25) is 0 Å². The second-order valence-electron chi connectivity index (χ2n) is 7.98. The van der Waals surface area contributed by atoms with E-state index in [1.165, 1.54) is 17.5 Å². The second kappa shape index (κ2) is 5.27. The van der Waals surface area contributed by atoms with Crippen molar-refractivity contribution in [3.05, 3.63) is 36.6 Å². The summed E-state index contributed by atoms with van der Waals surface area (Å²) in [6, 6.07) is 0. The Balaban J connectivity index is 1.66. The van der Waals surface area contributed by atoms with Crippen molar-refractivity contribution in [1.82, 2.24) is 0 Å². The highest BCUT2D eigenvalue weighted by Crippen LogP contribution is 2.60. The highest BCUT2D eigenvalue weighted by atomic mass is 16.5. The first-order valence-electron chi connectivity index (χ1n) is 8.80. The minimum absolute atomic E-state index is 0.0218. The highest BCUT2D eigenvalue weighted by Gasteiger charge is 2.57. The van der Waals surface area contributed by atoms with Crippen LogP contribution < -0.4 is 0 Å². The zero-order valence-corrected chi connectivity index (χ0v) is 14.4. The third-order valence-corrected chi connectivity index (χ3v) is 6.70. The number of fused-ring (bicyclic) bond motifs is 3. The van der Waals surface area contributed by atoms with E-state index in [9.17, 15) is 4.79 Å². The summed E-state index contributed by atoms with van der Waals surface area (Å²) in [7, 11) is 0. The summed E-state index contributed by atoms with van der Waals surface area (Å²) in [6.45, 7) is 9.03. The standard InChI is InChI=1S/C20H24N2O2/c1-13-4-7-16-19(2,10-8-17-20(16,3)12-21-22-17)15(13)6-5-14-9-11-24-18(14)23/h5-6,9,11-12,14-16H,1,4,7-8,10H2,2-3H3/b6-5+/t14?,15?,16?,19-,20+/m1/s1. The van der Waals surface area contributed by atoms with E-state index in [1.54, 1.807) is 6.08 Å². The van der Waals surface area contributed by atoms with Crippen LogP contribution in [-0.4, -0.2) is 17.9 Å². The molecule has 2 saturated carbocycles. The molecule has 126 valence electrons. The number of cyclic esters (lactones) is 1. The first-order valence-corrected chi connectivity index (χ1v) is 8.80. The zero-order valence-electron chi connectivity index (χ0n) is 14.4. The first kappa shape index (κ1) is 15.6. The number of ether oxygens (including phenoxy) is 1. The maximum absolute atomic E-state index is 11.7. The molecule has 2 fully saturated rings. The van der Waals surface area contributed by atoms with Crippen LogP contribution in [0, 0.1) is 28.6 Å². The number of allylic oxidation sites excluding steroid dienone is 2. The normalized spacial score (nSPS) is 43.8. The maximum atomic E-state index is 11.7. The number of carbonyl (C=O) groups is 1. The fraction of sp³-hybridized carbons (Fsp3) is 0.550. The monoisotopic (exact) mass is 324 g/mol. The third kappa shape index (κ3) is 2.08. The Morgan fingerprint density at radius 3 is 2.92 bits per heavy atom. The summed E-state index contributed by atoms with van der Waals surface area (Å²) in [4.78, 5) is 11.7. The van der Waals surface area contributed by atoms with Gasteiger partial charge in [-0.1, -0.05) is 31.2 Å². The van der Waals surface area contributed by atoms with Gasteiger partial charge in [0.1, 0.15) is 0 Å². The number of hydrogen-bond acceptors (Lipinski definition) is 4. The van der Waals surface area contributed by atoms with Crippen LogP contribution in [0.1, 0.15) is 39.5 Å². The van der Waals surface area contributed by atoms with Gasteiger partial charge < -0.3 is 4.74 Å². The molecule has 0 spiro atoms. The van der Waals surface area contributed by atoms with Crippen LogP contribution in [0.3, 0.4) is 0 Å². The minimum atomic E-state index is -0.258. The van der Waals surface area contributed by atoms with Crippen molar-refractivity contribution in [2.24, 2.45) is 38.8 Å². The highest BCUT2D eigenvalue weighted by molar-refractivity contribution is 6.06. The summed E-state index contributed by atoms with van der Waals surface area (Å²) in [6.07, 6.45) is 13.8. The van der Waals surface area contributed by atoms with Crippen LogP contribution in [0.15, 0.2) is 46.8 Å². The van der Waals surface area contributed by atoms with E-state index in [1.807, 2.05) is 6.08 Å². The van der Waals surface area contributed by atoms with Crippen LogP contribution >= 0.6 is 0 Å². The van der Waals surface area contributed by atoms with Gasteiger partial charge in [0, 0.05) is 17.5 Å². The van der Waals surface area contributed by atoms with Gasteiger partial charge in [0.05, 0.1) is 17.9 Å². The molecule has 2 aliphatic heterocycles. The molecule has 0 N–H and O–H groups in total. The SMILES string of the molecule is C=C1CCC2[C@](C)(CCC3=NN=C[C@]32C)C1/C=C/C1C=COC1=O. The van der Waals surface area contributed by atoms with Crippen molar-refractivity contribution in [2.45, 2.75) is 39.5 Å². The Kier molecular flexibility index (Phi) is 3.41. The smallest absolute Gasteiger partial charge is 0.321 e. The van der Waals surface area contributed by atoms with Gasteiger partial charge in [0.25, 0.3) is 0 Å². The zero-order chi connectivity index (χ0) is 16.9. The van der Waals surface area contributed by atoms with Gasteiger partial charge in [-0.3, -0.25) is 4.79 Å². The quantitative estimate of drug-likeness (QED) is 0.568. The van der Waals surface area contributed by atoms with E-state index in [-0.39, 0.29) is 28.6 Å². The predicted molar refractivity (Wildman–Crippen MR) is 94.6 cm³/mol. The van der Waals surface area contributed by atoms with Gasteiger partial charge in [0.15, 0.2) is 0 Å². The first-order chi connectivity index (χ1) is 11.4. The Bertz CT molecular complexity index is 717. The van der Waals surface area contributed by atoms with Crippen molar-refractivity contribution in [3.63, 3.8) is 0 Å². The van der Waals surface area contributed by atoms with Gasteiger partial charge in [-0.05, 0) is 50.0 Å². The molecule has 4 nitrogen and oxygen atoms in total. The summed E-state index contributed by atoms with van der Waals surface area (Å²) in [5.41, 5.74) is 2.62. The molecular formula is C20H24N2O2. The molecule has 0 aromatic rings. The largest absolute Gasteiger partial charge is 0.434 e. The number of rotatable bonds is 2. The van der Waals surface area contributed by atoms with Crippen molar-refractivity contribution >= 4 is 17.9 Å². The summed E-state index contributed by atoms with van der Waals surface area (Å²) in [5, 5.41) is 8.63. The van der Waals surface area contributed by atoms with Gasteiger partial charge in [-0.15, -0.1) is 0 Å². The summed E-state index contributed by atoms with van der Waals surface area (Å²) < 4.78 is 4.91. The van der Waals surface area contributed by atoms with Crippen LogP contribution in [0.5, 0.6) is 0 Å². The topological polar surface area (TPSA) is 51.0 Å². The van der Waals surface area contributed by atoms with Crippen molar-refractivity contribution < 1.29 is 9.53 Å². The second-order valence-corrected chi connectivity index (χ2v) is 7.98. The van der Waals surface area contributed by atoms with Gasteiger partial charge in [-0.25, -0.2) is 0 Å². The molecule has 0 aromatic heterocycles. The summed E-state index contributed by atoms with van der Waals surface area (Å²) >= 11 is 0. The maximum Gasteiger partial charge on any atom is 0.321 e. The Morgan fingerprint density at radius 1 is 1.33 bits per heavy atom. The van der Waals surface area contributed by atoms with Crippen molar-refractivity contribution in [1.29, 1.82) is 0 Å². The molecule has 4 rings (SSSR count). The molecule has 3 unspecified atom stereocenters. The molecule has 0 bridgehead atoms. The Hall–Kier alpha value is -1.97. The third-order valence-electron chi connectivity index (χ3n) is 6.70. The molecule has 2 aliphatic carbocycles. The van der Waals surface area contributed by atoms with E-state index in [0.29, 0.717) is 5.92 Å². The van der Waals surface area contributed by atoms with E-state index in [2.05, 4.69) is 42.9 Å². The van der Waals surface area contributed by atoms with Crippen LogP contribution in [0.2, 0.25) is 0 Å². The van der Waals surface area contributed by atoms with E-state index in [0.717, 1.165) is 25.7 Å². The molecule has 0 saturated heterocycles. The van der Waals surface area contributed by atoms with Gasteiger partial charge >= 0.3 is 5.97 Å². The van der Waals surface area contributed by atoms with Crippen LogP contribution in [0.25, 0.3) is 0 Å². The molecule has 4 aliphatic rings. The molecule has 5 atom stereocenters. The molecule has 4 heteroatoms. The van der Waals surface area contributed by atoms with Gasteiger partial charge in [-0.2, -0.15) is 10.2 Å². The Morgan fingerprint density at radius 2 is 2.17 bits per heavy atom. The lowest BCUT2D eigenvalue weighted by Crippen LogP contribution is -2.53. The Labute approximate surface area is 143 Å². The number of carbonyl (C=O) groups excluding carboxylic acids is 1. The lowest BCUT2D eigenvalue weighted by molar-refractivity contribution is -0.137. The minimum Gasteiger partial charge on any atom is -0.434 e. The van der Waals surface area contributed by atoms with Crippen LogP contribution in [-0.2, 0) is 9.53 Å². The van der Waals surface area contributed by atoms with Crippen molar-refractivity contribution in [2.75, 3.05) is 0 Å². The molecular weight excluding hydrogens is 300 g/mol. The lowest BCUT2D eigenvalue weighted by atomic mass is 9.47. The average Bonchev–Trinajstić information content (AvgIpc) is 3.11. The van der Waals surface area contributed by atoms with E-state index >= 15 is 0 Å². The fourth-order valence-corrected chi connectivity index (χ4v) is 5.29. The number of hydrogen-bond donors (Lipinski definition) is 0. The lowest BCUT2D eigenvalue weighted by Gasteiger charge is -2.56. The van der Waals surface area contributed by atoms with E-state index < -0.39 is 0 Å². The summed E-state index contributed by atoms with van der Waals surface area (Å²) in [5.74, 6) is 0.342. The molecule has 2 heterocycles. The molecule has 0 radical (unpaired) electrons. The predicted octanol–water partition coefficient (Wildman–Crippen LogP) is 4.06. The average molecular weight is 324 g/mol. The number of esters is 1. The number of nitrogens with zero attached hydrogens (tertiary/aromatic N) is 2.